The van der Waals surface area contributed by atoms with Crippen molar-refractivity contribution in [2.75, 3.05) is 19.8 Å². The minimum absolute atomic E-state index is 0.0882. The predicted molar refractivity (Wildman–Crippen MR) is 90.4 cm³/mol. The standard InChI is InChI=1S/C18H30N2O4/c1-14(20(13-21)16-5-3-2-4-6-16)17(22)18(23)19-10-7-15-8-11-24-12-9-15/h13-16H,2-12H2,1H3,(H,19,23). The molecule has 0 radical (unpaired) electrons. The monoisotopic (exact) mass is 338 g/mol. The molecule has 0 aromatic heterocycles. The van der Waals surface area contributed by atoms with E-state index >= 15 is 0 Å². The van der Waals surface area contributed by atoms with Crippen LogP contribution in [0.4, 0.5) is 0 Å². The van der Waals surface area contributed by atoms with Gasteiger partial charge in [-0.15, -0.1) is 0 Å². The molecule has 0 spiro atoms. The smallest absolute Gasteiger partial charge is 0.289 e. The fraction of sp³-hybridized carbons (Fsp3) is 0.833. The zero-order valence-electron chi connectivity index (χ0n) is 14.7. The molecule has 1 atom stereocenters. The van der Waals surface area contributed by atoms with E-state index in [0.717, 1.165) is 64.6 Å². The predicted octanol–water partition coefficient (Wildman–Crippen LogP) is 1.67. The van der Waals surface area contributed by atoms with Gasteiger partial charge in [0.2, 0.25) is 12.2 Å². The van der Waals surface area contributed by atoms with E-state index in [1.807, 2.05) is 0 Å². The first-order valence-corrected chi connectivity index (χ1v) is 9.26. The van der Waals surface area contributed by atoms with Gasteiger partial charge in [0, 0.05) is 25.8 Å². The first kappa shape index (κ1) is 18.9. The van der Waals surface area contributed by atoms with Gasteiger partial charge in [0.05, 0.1) is 6.04 Å². The number of carbonyl (C=O) groups is 3. The molecule has 0 aromatic carbocycles. The zero-order chi connectivity index (χ0) is 17.4. The number of ether oxygens (including phenoxy) is 1. The average molecular weight is 338 g/mol. The molecular weight excluding hydrogens is 308 g/mol. The number of nitrogens with one attached hydrogen (secondary N) is 1. The third-order valence-electron chi connectivity index (χ3n) is 5.35. The van der Waals surface area contributed by atoms with E-state index in [9.17, 15) is 14.4 Å². The van der Waals surface area contributed by atoms with Crippen LogP contribution in [0.2, 0.25) is 0 Å². The van der Waals surface area contributed by atoms with Gasteiger partial charge in [-0.25, -0.2) is 0 Å². The lowest BCUT2D eigenvalue weighted by molar-refractivity contribution is -0.143. The Morgan fingerprint density at radius 1 is 1.17 bits per heavy atom. The summed E-state index contributed by atoms with van der Waals surface area (Å²) < 4.78 is 5.31. The van der Waals surface area contributed by atoms with E-state index in [4.69, 9.17) is 4.74 Å². The molecule has 6 heteroatoms. The normalized spacial score (nSPS) is 21.0. The summed E-state index contributed by atoms with van der Waals surface area (Å²) in [6.07, 6.45) is 8.80. The van der Waals surface area contributed by atoms with Gasteiger partial charge >= 0.3 is 0 Å². The van der Waals surface area contributed by atoms with Gasteiger partial charge in [-0.1, -0.05) is 19.3 Å². The highest BCUT2D eigenvalue weighted by Gasteiger charge is 2.31. The molecule has 136 valence electrons. The Morgan fingerprint density at radius 2 is 1.83 bits per heavy atom. The Bertz CT molecular complexity index is 429. The minimum atomic E-state index is -0.686. The van der Waals surface area contributed by atoms with Crippen LogP contribution >= 0.6 is 0 Å². The summed E-state index contributed by atoms with van der Waals surface area (Å²) in [5.74, 6) is -0.530. The maximum absolute atomic E-state index is 12.3. The molecule has 6 nitrogen and oxygen atoms in total. The molecule has 24 heavy (non-hydrogen) atoms. The molecule has 1 heterocycles. The molecule has 2 fully saturated rings. The molecular formula is C18H30N2O4. The summed E-state index contributed by atoms with van der Waals surface area (Å²) >= 11 is 0. The summed E-state index contributed by atoms with van der Waals surface area (Å²) in [6.45, 7) is 3.73. The van der Waals surface area contributed by atoms with Crippen LogP contribution in [0.5, 0.6) is 0 Å². The highest BCUT2D eigenvalue weighted by atomic mass is 16.5. The first-order chi connectivity index (χ1) is 11.6. The van der Waals surface area contributed by atoms with E-state index < -0.39 is 17.7 Å². The summed E-state index contributed by atoms with van der Waals surface area (Å²) in [7, 11) is 0. The van der Waals surface area contributed by atoms with Crippen molar-refractivity contribution < 1.29 is 19.1 Å². The van der Waals surface area contributed by atoms with Crippen LogP contribution in [0, 0.1) is 5.92 Å². The SMILES string of the molecule is CC(C(=O)C(=O)NCCC1CCOCC1)N(C=O)C1CCCCC1. The van der Waals surface area contributed by atoms with E-state index in [1.165, 1.54) is 6.42 Å². The van der Waals surface area contributed by atoms with Crippen LogP contribution in [0.1, 0.15) is 58.3 Å². The summed E-state index contributed by atoms with van der Waals surface area (Å²) in [4.78, 5) is 37.4. The number of hydrogen-bond donors (Lipinski definition) is 1. The van der Waals surface area contributed by atoms with E-state index in [2.05, 4.69) is 5.32 Å². The maximum Gasteiger partial charge on any atom is 0.289 e. The van der Waals surface area contributed by atoms with Crippen molar-refractivity contribution in [2.24, 2.45) is 5.92 Å². The minimum Gasteiger partial charge on any atom is -0.381 e. The summed E-state index contributed by atoms with van der Waals surface area (Å²) in [5, 5.41) is 2.72. The lowest BCUT2D eigenvalue weighted by atomic mass is 9.93. The van der Waals surface area contributed by atoms with Crippen LogP contribution in [0.3, 0.4) is 0 Å². The van der Waals surface area contributed by atoms with Crippen molar-refractivity contribution >= 4 is 18.1 Å². The van der Waals surface area contributed by atoms with E-state index in [0.29, 0.717) is 12.5 Å². The van der Waals surface area contributed by atoms with Crippen LogP contribution in [-0.2, 0) is 19.1 Å². The highest BCUT2D eigenvalue weighted by molar-refractivity contribution is 6.38. The molecule has 0 bridgehead atoms. The van der Waals surface area contributed by atoms with Crippen molar-refractivity contribution in [1.82, 2.24) is 10.2 Å². The molecule has 1 saturated heterocycles. The van der Waals surface area contributed by atoms with Crippen LogP contribution in [0.15, 0.2) is 0 Å². The Morgan fingerprint density at radius 3 is 2.46 bits per heavy atom. The topological polar surface area (TPSA) is 75.7 Å². The number of hydrogen-bond acceptors (Lipinski definition) is 4. The zero-order valence-corrected chi connectivity index (χ0v) is 14.7. The second-order valence-corrected chi connectivity index (χ2v) is 6.99. The fourth-order valence-electron chi connectivity index (χ4n) is 3.71. The number of carbonyl (C=O) groups excluding carboxylic acids is 3. The molecule has 0 aromatic rings. The Kier molecular flexibility index (Phi) is 7.69. The van der Waals surface area contributed by atoms with Gasteiger partial charge in [-0.3, -0.25) is 14.4 Å². The Labute approximate surface area is 144 Å². The third-order valence-corrected chi connectivity index (χ3v) is 5.35. The van der Waals surface area contributed by atoms with Gasteiger partial charge in [0.15, 0.2) is 0 Å². The molecule has 2 rings (SSSR count). The largest absolute Gasteiger partial charge is 0.381 e. The highest BCUT2D eigenvalue weighted by Crippen LogP contribution is 2.23. The van der Waals surface area contributed by atoms with Crippen molar-refractivity contribution in [1.29, 1.82) is 0 Å². The van der Waals surface area contributed by atoms with Crippen molar-refractivity contribution in [3.63, 3.8) is 0 Å². The lowest BCUT2D eigenvalue weighted by Gasteiger charge is -2.34. The number of ketones is 1. The molecule has 1 aliphatic carbocycles. The maximum atomic E-state index is 12.3. The van der Waals surface area contributed by atoms with Gasteiger partial charge in [-0.2, -0.15) is 0 Å². The van der Waals surface area contributed by atoms with Crippen LogP contribution < -0.4 is 5.32 Å². The van der Waals surface area contributed by atoms with Crippen molar-refractivity contribution in [2.45, 2.75) is 70.4 Å². The molecule has 1 aliphatic heterocycles. The van der Waals surface area contributed by atoms with Gasteiger partial charge in [-0.05, 0) is 44.9 Å². The molecule has 2 amide bonds. The van der Waals surface area contributed by atoms with Gasteiger partial charge in [0.25, 0.3) is 5.91 Å². The average Bonchev–Trinajstić information content (AvgIpc) is 2.63. The second-order valence-electron chi connectivity index (χ2n) is 6.99. The quantitative estimate of drug-likeness (QED) is 0.539. The first-order valence-electron chi connectivity index (χ1n) is 9.26. The van der Waals surface area contributed by atoms with Gasteiger partial charge in [0.1, 0.15) is 0 Å². The number of Topliss-reactive ketones (excluding diaryl/α,β-unsaturated/α-hetero) is 1. The fourth-order valence-corrected chi connectivity index (χ4v) is 3.71. The van der Waals surface area contributed by atoms with E-state index in [1.54, 1.807) is 11.8 Å². The third kappa shape index (κ3) is 5.30. The van der Waals surface area contributed by atoms with E-state index in [-0.39, 0.29) is 6.04 Å². The Balaban J connectivity index is 1.77. The molecule has 2 aliphatic rings. The van der Waals surface area contributed by atoms with Crippen molar-refractivity contribution in [3.05, 3.63) is 0 Å². The lowest BCUT2D eigenvalue weighted by Crippen LogP contribution is -2.50. The van der Waals surface area contributed by atoms with Crippen LogP contribution in [-0.4, -0.2) is 54.8 Å². The second kappa shape index (κ2) is 9.77. The molecule has 1 N–H and O–H groups in total. The molecule has 1 saturated carbocycles. The number of amides is 2. The van der Waals surface area contributed by atoms with Gasteiger partial charge < -0.3 is 15.0 Å². The number of rotatable bonds is 8. The summed E-state index contributed by atoms with van der Waals surface area (Å²) in [6, 6.07) is -0.598. The van der Waals surface area contributed by atoms with Crippen LogP contribution in [0.25, 0.3) is 0 Å². The summed E-state index contributed by atoms with van der Waals surface area (Å²) in [5.41, 5.74) is 0. The van der Waals surface area contributed by atoms with Crippen molar-refractivity contribution in [3.8, 4) is 0 Å². The number of nitrogens with zero attached hydrogens (tertiary/aromatic N) is 1. The Hall–Kier alpha value is -1.43. The molecule has 1 unspecified atom stereocenters.